The summed E-state index contributed by atoms with van der Waals surface area (Å²) >= 11 is 7.36. The summed E-state index contributed by atoms with van der Waals surface area (Å²) in [4.78, 5) is 17.6. The van der Waals surface area contributed by atoms with Crippen LogP contribution >= 0.6 is 22.9 Å². The van der Waals surface area contributed by atoms with Gasteiger partial charge in [0.05, 0.1) is 32.2 Å². The lowest BCUT2D eigenvalue weighted by atomic mass is 10.0. The van der Waals surface area contributed by atoms with Crippen molar-refractivity contribution in [3.05, 3.63) is 50.7 Å². The minimum absolute atomic E-state index is 0.141. The van der Waals surface area contributed by atoms with Gasteiger partial charge in [0.2, 0.25) is 16.0 Å². The number of aliphatic imine (C=N–C) groups is 1. The Bertz CT molecular complexity index is 1140. The highest BCUT2D eigenvalue weighted by atomic mass is 35.5. The maximum absolute atomic E-state index is 12.6. The Balaban J connectivity index is 1.93. The second kappa shape index (κ2) is 7.09. The van der Waals surface area contributed by atoms with E-state index in [0.717, 1.165) is 15.6 Å². The number of carbonyl (C=O) groups is 1. The van der Waals surface area contributed by atoms with Gasteiger partial charge in [0.1, 0.15) is 5.54 Å². The van der Waals surface area contributed by atoms with Crippen molar-refractivity contribution in [1.82, 2.24) is 4.31 Å². The van der Waals surface area contributed by atoms with Crippen LogP contribution in [0.2, 0.25) is 5.02 Å². The van der Waals surface area contributed by atoms with Gasteiger partial charge in [-0.1, -0.05) is 17.7 Å². The molecule has 1 aromatic heterocycles. The first kappa shape index (κ1) is 20.1. The number of nitrogens with zero attached hydrogens (tertiary/aromatic N) is 3. The van der Waals surface area contributed by atoms with E-state index >= 15 is 0 Å². The van der Waals surface area contributed by atoms with Crippen molar-refractivity contribution in [3.8, 4) is 6.07 Å². The van der Waals surface area contributed by atoms with Gasteiger partial charge in [-0.15, -0.1) is 11.3 Å². The Hall–Kier alpha value is -2.61. The summed E-state index contributed by atoms with van der Waals surface area (Å²) in [6, 6.07) is 9.95. The molecule has 2 heterocycles. The fraction of sp³-hybridized carbons (Fsp3) is 0.235. The van der Waals surface area contributed by atoms with Crippen LogP contribution in [0, 0.1) is 11.3 Å². The lowest BCUT2D eigenvalue weighted by Gasteiger charge is -2.33. The van der Waals surface area contributed by atoms with Crippen molar-refractivity contribution in [3.63, 3.8) is 0 Å². The van der Waals surface area contributed by atoms with E-state index in [0.29, 0.717) is 16.1 Å². The van der Waals surface area contributed by atoms with E-state index in [-0.39, 0.29) is 21.6 Å². The predicted octanol–water partition coefficient (Wildman–Crippen LogP) is 2.33. The molecule has 0 bridgehead atoms. The Labute approximate surface area is 171 Å². The molecular formula is C17H16ClN5O3S2. The zero-order chi connectivity index (χ0) is 20.7. The Kier molecular flexibility index (Phi) is 5.10. The van der Waals surface area contributed by atoms with Crippen molar-refractivity contribution in [2.45, 2.75) is 12.5 Å². The Morgan fingerprint density at radius 1 is 1.46 bits per heavy atom. The first-order valence-electron chi connectivity index (χ1n) is 7.99. The van der Waals surface area contributed by atoms with Gasteiger partial charge in [0.25, 0.3) is 5.91 Å². The first-order valence-corrected chi connectivity index (χ1v) is 10.8. The van der Waals surface area contributed by atoms with Gasteiger partial charge in [0.15, 0.2) is 0 Å². The van der Waals surface area contributed by atoms with Crippen LogP contribution in [-0.4, -0.2) is 37.4 Å². The van der Waals surface area contributed by atoms with E-state index in [9.17, 15) is 13.2 Å². The van der Waals surface area contributed by atoms with Gasteiger partial charge in [-0.3, -0.25) is 4.79 Å². The highest BCUT2D eigenvalue weighted by molar-refractivity contribution is 7.89. The average molecular weight is 438 g/mol. The Morgan fingerprint density at radius 2 is 2.18 bits per heavy atom. The lowest BCUT2D eigenvalue weighted by molar-refractivity contribution is 0.103. The quantitative estimate of drug-likeness (QED) is 0.761. The monoisotopic (exact) mass is 437 g/mol. The SMILES string of the molecule is CN1C(N)=N[C@](C)(c2sc(C(=O)Nc3cccc(C#N)c3)cc2Cl)CS1(=O)=O. The number of amides is 1. The fourth-order valence-corrected chi connectivity index (χ4v) is 5.83. The van der Waals surface area contributed by atoms with Crippen molar-refractivity contribution in [1.29, 1.82) is 5.26 Å². The third-order valence-electron chi connectivity index (χ3n) is 4.21. The van der Waals surface area contributed by atoms with E-state index in [2.05, 4.69) is 10.3 Å². The zero-order valence-electron chi connectivity index (χ0n) is 14.9. The third kappa shape index (κ3) is 3.69. The molecule has 1 aromatic carbocycles. The van der Waals surface area contributed by atoms with Gasteiger partial charge in [0, 0.05) is 12.7 Å². The molecule has 1 aliphatic heterocycles. The van der Waals surface area contributed by atoms with Crippen LogP contribution in [0.25, 0.3) is 0 Å². The number of nitrogens with one attached hydrogen (secondary N) is 1. The van der Waals surface area contributed by atoms with Gasteiger partial charge in [-0.25, -0.2) is 17.7 Å². The minimum Gasteiger partial charge on any atom is -0.369 e. The maximum Gasteiger partial charge on any atom is 0.265 e. The number of benzene rings is 1. The van der Waals surface area contributed by atoms with Crippen molar-refractivity contribution in [2.24, 2.45) is 10.7 Å². The summed E-state index contributed by atoms with van der Waals surface area (Å²) in [7, 11) is -2.32. The number of sulfonamides is 1. The number of nitriles is 1. The van der Waals surface area contributed by atoms with Crippen LogP contribution in [0.5, 0.6) is 0 Å². The third-order valence-corrected chi connectivity index (χ3v) is 7.96. The lowest BCUT2D eigenvalue weighted by Crippen LogP contribution is -2.50. The molecular weight excluding hydrogens is 422 g/mol. The second-order valence-corrected chi connectivity index (χ2v) is 9.86. The van der Waals surface area contributed by atoms with E-state index in [1.54, 1.807) is 31.2 Å². The van der Waals surface area contributed by atoms with E-state index < -0.39 is 21.5 Å². The molecule has 2 aromatic rings. The summed E-state index contributed by atoms with van der Waals surface area (Å²) in [6.07, 6.45) is 0. The van der Waals surface area contributed by atoms with Gasteiger partial charge in [-0.05, 0) is 31.2 Å². The molecule has 8 nitrogen and oxygen atoms in total. The minimum atomic E-state index is -3.66. The number of anilines is 1. The Morgan fingerprint density at radius 3 is 2.82 bits per heavy atom. The van der Waals surface area contributed by atoms with Crippen LogP contribution in [0.4, 0.5) is 5.69 Å². The van der Waals surface area contributed by atoms with Crippen molar-refractivity contribution >= 4 is 50.5 Å². The van der Waals surface area contributed by atoms with Crippen LogP contribution < -0.4 is 11.1 Å². The number of carbonyl (C=O) groups excluding carboxylic acids is 1. The predicted molar refractivity (Wildman–Crippen MR) is 109 cm³/mol. The molecule has 0 saturated heterocycles. The molecule has 0 saturated carbocycles. The average Bonchev–Trinajstić information content (AvgIpc) is 3.02. The van der Waals surface area contributed by atoms with Crippen molar-refractivity contribution in [2.75, 3.05) is 18.1 Å². The van der Waals surface area contributed by atoms with E-state index in [4.69, 9.17) is 22.6 Å². The molecule has 11 heteroatoms. The van der Waals surface area contributed by atoms with E-state index in [1.165, 1.54) is 13.1 Å². The molecule has 1 aliphatic rings. The maximum atomic E-state index is 12.6. The van der Waals surface area contributed by atoms with Gasteiger partial charge < -0.3 is 11.1 Å². The summed E-state index contributed by atoms with van der Waals surface area (Å²) in [5.41, 5.74) is 5.44. The molecule has 1 atom stereocenters. The smallest absolute Gasteiger partial charge is 0.265 e. The number of thiophene rings is 1. The van der Waals surface area contributed by atoms with Crippen molar-refractivity contribution < 1.29 is 13.2 Å². The summed E-state index contributed by atoms with van der Waals surface area (Å²) in [5, 5.41) is 11.9. The standard InChI is InChI=1S/C17H16ClN5O3S2/c1-17(9-28(25,26)23(2)16(20)22-17)14-12(18)7-13(27-14)15(24)21-11-5-3-4-10(6-11)8-19/h3-7H,9H2,1-2H3,(H2,20,22)(H,21,24)/t17-/m0/s1. The van der Waals surface area contributed by atoms with Crippen LogP contribution in [-0.2, 0) is 15.6 Å². The molecule has 3 N–H and O–H groups in total. The number of hydrogen-bond acceptors (Lipinski definition) is 7. The summed E-state index contributed by atoms with van der Waals surface area (Å²) in [6.45, 7) is 1.61. The van der Waals surface area contributed by atoms with Gasteiger partial charge >= 0.3 is 0 Å². The molecule has 3 rings (SSSR count). The van der Waals surface area contributed by atoms with E-state index in [1.807, 2.05) is 6.07 Å². The molecule has 1 amide bonds. The molecule has 28 heavy (non-hydrogen) atoms. The molecule has 146 valence electrons. The number of rotatable bonds is 3. The number of guanidine groups is 1. The largest absolute Gasteiger partial charge is 0.369 e. The highest BCUT2D eigenvalue weighted by Gasteiger charge is 2.42. The fourth-order valence-electron chi connectivity index (χ4n) is 2.77. The van der Waals surface area contributed by atoms with Crippen LogP contribution in [0.15, 0.2) is 35.3 Å². The summed E-state index contributed by atoms with van der Waals surface area (Å²) in [5.74, 6) is -0.884. The molecule has 0 fully saturated rings. The zero-order valence-corrected chi connectivity index (χ0v) is 17.3. The van der Waals surface area contributed by atoms with Crippen LogP contribution in [0.3, 0.4) is 0 Å². The molecule has 0 aliphatic carbocycles. The second-order valence-electron chi connectivity index (χ2n) is 6.40. The molecule has 0 radical (unpaired) electrons. The van der Waals surface area contributed by atoms with Crippen LogP contribution in [0.1, 0.15) is 27.0 Å². The first-order chi connectivity index (χ1) is 13.1. The normalized spacial score (nSPS) is 20.9. The summed E-state index contributed by atoms with van der Waals surface area (Å²) < 4.78 is 25.6. The highest BCUT2D eigenvalue weighted by Crippen LogP contribution is 2.41. The topological polar surface area (TPSA) is 129 Å². The number of hydrogen-bond donors (Lipinski definition) is 2. The number of nitrogens with two attached hydrogens (primary N) is 1. The molecule has 0 spiro atoms. The van der Waals surface area contributed by atoms with Gasteiger partial charge in [-0.2, -0.15) is 5.26 Å². The molecule has 0 unspecified atom stereocenters. The number of halogens is 1.